The molecule has 0 spiro atoms. The van der Waals surface area contributed by atoms with Crippen LogP contribution in [-0.2, 0) is 4.79 Å². The molecule has 0 saturated carbocycles. The van der Waals surface area contributed by atoms with Gasteiger partial charge in [-0.15, -0.1) is 0 Å². The maximum Gasteiger partial charge on any atom is 0.216 e. The Kier molecular flexibility index (Phi) is 11.2. The highest BCUT2D eigenvalue weighted by molar-refractivity contribution is 5.72. The zero-order chi connectivity index (χ0) is 9.28. The second-order valence-corrected chi connectivity index (χ2v) is 2.25. The van der Waals surface area contributed by atoms with Crippen LogP contribution in [0.25, 0.3) is 0 Å². The molecular formula is C8H20N2O. The lowest BCUT2D eigenvalue weighted by Gasteiger charge is -2.03. The maximum absolute atomic E-state index is 10.3. The molecule has 0 aliphatic rings. The van der Waals surface area contributed by atoms with Crippen LogP contribution in [0, 0.1) is 0 Å². The van der Waals surface area contributed by atoms with Gasteiger partial charge in [0.05, 0.1) is 0 Å². The largest absolute Gasteiger partial charge is 0.356 e. The Bertz CT molecular complexity index is 92.1. The number of rotatable bonds is 3. The monoisotopic (exact) mass is 160 g/mol. The van der Waals surface area contributed by atoms with Gasteiger partial charge in [0.15, 0.2) is 0 Å². The van der Waals surface area contributed by atoms with E-state index in [4.69, 9.17) is 5.73 Å². The summed E-state index contributed by atoms with van der Waals surface area (Å²) in [4.78, 5) is 10.3. The number of nitrogens with one attached hydrogen (secondary N) is 1. The van der Waals surface area contributed by atoms with Crippen LogP contribution in [0.1, 0.15) is 34.1 Å². The third-order valence-electron chi connectivity index (χ3n) is 0.974. The summed E-state index contributed by atoms with van der Waals surface area (Å²) < 4.78 is 0. The van der Waals surface area contributed by atoms with Crippen molar-refractivity contribution in [2.24, 2.45) is 5.73 Å². The minimum Gasteiger partial charge on any atom is -0.356 e. The van der Waals surface area contributed by atoms with Gasteiger partial charge < -0.3 is 11.1 Å². The Hall–Kier alpha value is -0.570. The van der Waals surface area contributed by atoms with Crippen molar-refractivity contribution in [2.45, 2.75) is 40.2 Å². The van der Waals surface area contributed by atoms with Crippen molar-refractivity contribution in [3.05, 3.63) is 0 Å². The summed E-state index contributed by atoms with van der Waals surface area (Å²) in [7, 11) is 0. The molecule has 3 heteroatoms. The van der Waals surface area contributed by atoms with E-state index >= 15 is 0 Å². The van der Waals surface area contributed by atoms with Gasteiger partial charge in [-0.1, -0.05) is 13.8 Å². The van der Waals surface area contributed by atoms with Crippen LogP contribution in [0.2, 0.25) is 0 Å². The molecule has 0 aromatic rings. The van der Waals surface area contributed by atoms with Crippen LogP contribution >= 0.6 is 0 Å². The number of amides is 1. The fourth-order valence-electron chi connectivity index (χ4n) is 0.476. The highest BCUT2D eigenvalue weighted by atomic mass is 16.1. The fraction of sp³-hybridized carbons (Fsp3) is 0.875. The molecule has 3 nitrogen and oxygen atoms in total. The van der Waals surface area contributed by atoms with Crippen molar-refractivity contribution < 1.29 is 4.79 Å². The average molecular weight is 160 g/mol. The Morgan fingerprint density at radius 3 is 2.27 bits per heavy atom. The van der Waals surface area contributed by atoms with Gasteiger partial charge in [-0.25, -0.2) is 0 Å². The fourth-order valence-corrected chi connectivity index (χ4v) is 0.476. The molecule has 0 heterocycles. The molecule has 0 aromatic carbocycles. The van der Waals surface area contributed by atoms with Gasteiger partial charge in [-0.2, -0.15) is 0 Å². The van der Waals surface area contributed by atoms with Gasteiger partial charge in [-0.05, 0) is 13.3 Å². The van der Waals surface area contributed by atoms with Crippen LogP contribution < -0.4 is 11.1 Å². The van der Waals surface area contributed by atoms with Crippen molar-refractivity contribution in [1.29, 1.82) is 0 Å². The summed E-state index contributed by atoms with van der Waals surface area (Å²) in [6.45, 7) is 8.11. The molecule has 11 heavy (non-hydrogen) atoms. The lowest BCUT2D eigenvalue weighted by molar-refractivity contribution is -0.118. The van der Waals surface area contributed by atoms with Gasteiger partial charge in [0.2, 0.25) is 5.91 Å². The van der Waals surface area contributed by atoms with Gasteiger partial charge in [0.25, 0.3) is 0 Å². The van der Waals surface area contributed by atoms with Crippen LogP contribution in [0.5, 0.6) is 0 Å². The Labute approximate surface area is 69.4 Å². The third-order valence-corrected chi connectivity index (χ3v) is 0.974. The lowest BCUT2D eigenvalue weighted by atomic mass is 10.2. The first-order chi connectivity index (χ1) is 5.13. The minimum absolute atomic E-state index is 0.00986. The summed E-state index contributed by atoms with van der Waals surface area (Å²) in [6.07, 6.45) is 0.847. The van der Waals surface area contributed by atoms with Gasteiger partial charge in [-0.3, -0.25) is 4.79 Å². The van der Waals surface area contributed by atoms with E-state index in [-0.39, 0.29) is 11.9 Å². The van der Waals surface area contributed by atoms with Gasteiger partial charge in [0, 0.05) is 19.5 Å². The van der Waals surface area contributed by atoms with E-state index in [1.54, 1.807) is 0 Å². The van der Waals surface area contributed by atoms with Crippen molar-refractivity contribution in [2.75, 3.05) is 6.54 Å². The molecule has 0 aromatic heterocycles. The van der Waals surface area contributed by atoms with E-state index in [0.717, 1.165) is 6.42 Å². The molecule has 3 N–H and O–H groups in total. The summed E-state index contributed by atoms with van der Waals surface area (Å²) in [5.74, 6) is 0.00986. The number of nitrogens with two attached hydrogens (primary N) is 1. The van der Waals surface area contributed by atoms with Crippen molar-refractivity contribution in [1.82, 2.24) is 5.32 Å². The van der Waals surface area contributed by atoms with Crippen molar-refractivity contribution in [3.8, 4) is 0 Å². The zero-order valence-corrected chi connectivity index (χ0v) is 7.98. The molecule has 0 rings (SSSR count). The molecule has 0 fully saturated rings. The Morgan fingerprint density at radius 1 is 1.55 bits per heavy atom. The smallest absolute Gasteiger partial charge is 0.216 e. The molecular weight excluding hydrogens is 140 g/mol. The average Bonchev–Trinajstić information content (AvgIpc) is 1.90. The first-order valence-electron chi connectivity index (χ1n) is 4.13. The van der Waals surface area contributed by atoms with Crippen LogP contribution in [0.15, 0.2) is 0 Å². The number of carbonyl (C=O) groups is 1. The van der Waals surface area contributed by atoms with Gasteiger partial charge >= 0.3 is 0 Å². The van der Waals surface area contributed by atoms with E-state index in [1.807, 2.05) is 20.8 Å². The zero-order valence-electron chi connectivity index (χ0n) is 7.98. The van der Waals surface area contributed by atoms with Crippen LogP contribution in [0.4, 0.5) is 0 Å². The van der Waals surface area contributed by atoms with E-state index in [2.05, 4.69) is 5.32 Å². The molecule has 0 aliphatic carbocycles. The molecule has 1 atom stereocenters. The SMILES string of the molecule is CC.CC(=O)NCCC(C)N. The van der Waals surface area contributed by atoms with E-state index in [0.29, 0.717) is 6.54 Å². The summed E-state index contributed by atoms with van der Waals surface area (Å²) in [5.41, 5.74) is 5.43. The third kappa shape index (κ3) is 17.7. The Balaban J connectivity index is 0. The second-order valence-electron chi connectivity index (χ2n) is 2.25. The Morgan fingerprint density at radius 2 is 2.00 bits per heavy atom. The summed E-state index contributed by atoms with van der Waals surface area (Å²) >= 11 is 0. The van der Waals surface area contributed by atoms with E-state index in [1.165, 1.54) is 6.92 Å². The van der Waals surface area contributed by atoms with Gasteiger partial charge in [0.1, 0.15) is 0 Å². The molecule has 0 radical (unpaired) electrons. The van der Waals surface area contributed by atoms with E-state index in [9.17, 15) is 4.79 Å². The standard InChI is InChI=1S/C6H14N2O.C2H6/c1-5(7)3-4-8-6(2)9;1-2/h5H,3-4,7H2,1-2H3,(H,8,9);1-2H3. The number of hydrogen-bond donors (Lipinski definition) is 2. The molecule has 68 valence electrons. The highest BCUT2D eigenvalue weighted by Gasteiger charge is 1.93. The predicted octanol–water partition coefficient (Wildman–Crippen LogP) is 0.886. The lowest BCUT2D eigenvalue weighted by Crippen LogP contribution is -2.26. The summed E-state index contributed by atoms with van der Waals surface area (Å²) in [5, 5.41) is 2.66. The maximum atomic E-state index is 10.3. The molecule has 0 bridgehead atoms. The molecule has 1 unspecified atom stereocenters. The van der Waals surface area contributed by atoms with Crippen LogP contribution in [0.3, 0.4) is 0 Å². The quantitative estimate of drug-likeness (QED) is 0.644. The molecule has 1 amide bonds. The first kappa shape index (κ1) is 13.1. The topological polar surface area (TPSA) is 55.1 Å². The summed E-state index contributed by atoms with van der Waals surface area (Å²) in [6, 6.07) is 0.178. The highest BCUT2D eigenvalue weighted by Crippen LogP contribution is 1.81. The second kappa shape index (κ2) is 9.43. The van der Waals surface area contributed by atoms with E-state index < -0.39 is 0 Å². The number of hydrogen-bond acceptors (Lipinski definition) is 2. The van der Waals surface area contributed by atoms with Crippen molar-refractivity contribution in [3.63, 3.8) is 0 Å². The first-order valence-corrected chi connectivity index (χ1v) is 4.13. The normalized spacial score (nSPS) is 11.0. The molecule has 0 aliphatic heterocycles. The number of carbonyl (C=O) groups excluding carboxylic acids is 1. The molecule has 0 saturated heterocycles. The van der Waals surface area contributed by atoms with Crippen LogP contribution in [-0.4, -0.2) is 18.5 Å². The minimum atomic E-state index is 0.00986. The predicted molar refractivity (Wildman–Crippen MR) is 48.3 cm³/mol. The van der Waals surface area contributed by atoms with Crippen molar-refractivity contribution >= 4 is 5.91 Å².